The fourth-order valence-corrected chi connectivity index (χ4v) is 3.35. The molecule has 0 bridgehead atoms. The number of methoxy groups -OCH3 is 1. The SMILES string of the molecule is CN=C(NCC(C)(C)c1cccc(OC)c1)NC(C)Cc1c(C)nn(C)c1C.I. The predicted molar refractivity (Wildman–Crippen MR) is 132 cm³/mol. The average Bonchev–Trinajstić information content (AvgIpc) is 2.91. The Morgan fingerprint density at radius 3 is 2.55 bits per heavy atom. The van der Waals surface area contributed by atoms with Gasteiger partial charge in [-0.05, 0) is 50.5 Å². The minimum absolute atomic E-state index is 0. The lowest BCUT2D eigenvalue weighted by atomic mass is 9.84. The zero-order valence-electron chi connectivity index (χ0n) is 19.0. The van der Waals surface area contributed by atoms with E-state index in [1.807, 2.05) is 23.9 Å². The molecule has 7 heteroatoms. The van der Waals surface area contributed by atoms with E-state index in [0.717, 1.165) is 30.4 Å². The summed E-state index contributed by atoms with van der Waals surface area (Å²) in [5.74, 6) is 1.69. The van der Waals surface area contributed by atoms with Crippen LogP contribution in [0.4, 0.5) is 0 Å². The largest absolute Gasteiger partial charge is 0.497 e. The summed E-state index contributed by atoms with van der Waals surface area (Å²) in [5, 5.41) is 11.5. The first-order valence-electron chi connectivity index (χ1n) is 9.78. The van der Waals surface area contributed by atoms with Gasteiger partial charge in [-0.25, -0.2) is 0 Å². The van der Waals surface area contributed by atoms with Crippen LogP contribution in [-0.2, 0) is 18.9 Å². The van der Waals surface area contributed by atoms with E-state index in [0.29, 0.717) is 0 Å². The molecule has 0 aliphatic rings. The molecule has 6 nitrogen and oxygen atoms in total. The molecule has 0 aliphatic heterocycles. The maximum absolute atomic E-state index is 5.36. The van der Waals surface area contributed by atoms with Crippen molar-refractivity contribution in [2.45, 2.75) is 52.5 Å². The third kappa shape index (κ3) is 6.62. The number of rotatable bonds is 7. The molecule has 2 rings (SSSR count). The standard InChI is InChI=1S/C22H35N5O.HI/c1-15(12-20-16(2)26-27(7)17(20)3)25-21(23-6)24-14-22(4,5)18-10-9-11-19(13-18)28-8;/h9-11,13,15H,12,14H2,1-8H3,(H2,23,24,25);1H. The van der Waals surface area contributed by atoms with E-state index in [1.54, 1.807) is 14.2 Å². The number of halogens is 1. The molecule has 0 radical (unpaired) electrons. The molecule has 2 aromatic rings. The normalized spacial score (nSPS) is 12.9. The number of nitrogens with zero attached hydrogens (tertiary/aromatic N) is 3. The first kappa shape index (κ1) is 25.3. The maximum atomic E-state index is 5.36. The van der Waals surface area contributed by atoms with Crippen LogP contribution in [0.5, 0.6) is 5.75 Å². The van der Waals surface area contributed by atoms with Crippen molar-refractivity contribution in [3.8, 4) is 5.75 Å². The highest BCUT2D eigenvalue weighted by molar-refractivity contribution is 14.0. The van der Waals surface area contributed by atoms with Gasteiger partial charge in [-0.3, -0.25) is 9.67 Å². The Bertz CT molecular complexity index is 829. The molecule has 0 fully saturated rings. The quantitative estimate of drug-likeness (QED) is 0.337. The Hall–Kier alpha value is -1.77. The van der Waals surface area contributed by atoms with Gasteiger partial charge in [0.15, 0.2) is 5.96 Å². The van der Waals surface area contributed by atoms with Gasteiger partial charge in [0, 0.05) is 37.8 Å². The van der Waals surface area contributed by atoms with Crippen molar-refractivity contribution in [1.29, 1.82) is 0 Å². The van der Waals surface area contributed by atoms with E-state index in [9.17, 15) is 0 Å². The molecular formula is C22H36IN5O. The number of nitrogens with one attached hydrogen (secondary N) is 2. The number of hydrogen-bond donors (Lipinski definition) is 2. The molecule has 0 saturated heterocycles. The lowest BCUT2D eigenvalue weighted by molar-refractivity contribution is 0.411. The smallest absolute Gasteiger partial charge is 0.191 e. The summed E-state index contributed by atoms with van der Waals surface area (Å²) in [6, 6.07) is 8.47. The predicted octanol–water partition coefficient (Wildman–Crippen LogP) is 3.74. The van der Waals surface area contributed by atoms with Crippen molar-refractivity contribution in [3.05, 3.63) is 46.8 Å². The van der Waals surface area contributed by atoms with Gasteiger partial charge in [0.1, 0.15) is 5.75 Å². The second kappa shape index (κ2) is 10.8. The Kier molecular flexibility index (Phi) is 9.45. The molecule has 1 aromatic heterocycles. The highest BCUT2D eigenvalue weighted by Crippen LogP contribution is 2.25. The molecule has 1 aromatic carbocycles. The van der Waals surface area contributed by atoms with Crippen molar-refractivity contribution in [2.75, 3.05) is 20.7 Å². The molecule has 0 amide bonds. The summed E-state index contributed by atoms with van der Waals surface area (Å²) in [7, 11) is 5.50. The molecule has 2 N–H and O–H groups in total. The summed E-state index contributed by atoms with van der Waals surface area (Å²) in [6.45, 7) is 11.6. The zero-order chi connectivity index (χ0) is 20.9. The van der Waals surface area contributed by atoms with E-state index in [-0.39, 0.29) is 35.4 Å². The van der Waals surface area contributed by atoms with Gasteiger partial charge < -0.3 is 15.4 Å². The topological polar surface area (TPSA) is 63.5 Å². The number of guanidine groups is 1. The van der Waals surface area contributed by atoms with Gasteiger partial charge in [-0.15, -0.1) is 24.0 Å². The monoisotopic (exact) mass is 513 g/mol. The van der Waals surface area contributed by atoms with Crippen LogP contribution in [0.25, 0.3) is 0 Å². The highest BCUT2D eigenvalue weighted by Gasteiger charge is 2.22. The molecule has 162 valence electrons. The van der Waals surface area contributed by atoms with Crippen molar-refractivity contribution in [3.63, 3.8) is 0 Å². The minimum atomic E-state index is -0.0636. The number of aromatic nitrogens is 2. The Balaban J connectivity index is 0.00000420. The van der Waals surface area contributed by atoms with Gasteiger partial charge in [-0.2, -0.15) is 5.10 Å². The second-order valence-corrected chi connectivity index (χ2v) is 8.06. The van der Waals surface area contributed by atoms with E-state index in [4.69, 9.17) is 4.74 Å². The number of aliphatic imine (C=N–C) groups is 1. The third-order valence-corrected chi connectivity index (χ3v) is 5.32. The molecule has 0 aliphatic carbocycles. The lowest BCUT2D eigenvalue weighted by Gasteiger charge is -2.28. The lowest BCUT2D eigenvalue weighted by Crippen LogP contribution is -2.47. The number of aryl methyl sites for hydroxylation is 2. The first-order valence-corrected chi connectivity index (χ1v) is 9.78. The number of hydrogen-bond acceptors (Lipinski definition) is 3. The van der Waals surface area contributed by atoms with Gasteiger partial charge in [0.25, 0.3) is 0 Å². The van der Waals surface area contributed by atoms with Crippen molar-refractivity contribution in [2.24, 2.45) is 12.0 Å². The van der Waals surface area contributed by atoms with Crippen LogP contribution in [-0.4, -0.2) is 42.5 Å². The zero-order valence-corrected chi connectivity index (χ0v) is 21.3. The first-order chi connectivity index (χ1) is 13.2. The highest BCUT2D eigenvalue weighted by atomic mass is 127. The van der Waals surface area contributed by atoms with E-state index < -0.39 is 0 Å². The summed E-state index contributed by atoms with van der Waals surface area (Å²) >= 11 is 0. The maximum Gasteiger partial charge on any atom is 0.191 e. The van der Waals surface area contributed by atoms with Gasteiger partial charge in [0.05, 0.1) is 12.8 Å². The second-order valence-electron chi connectivity index (χ2n) is 8.06. The summed E-state index contributed by atoms with van der Waals surface area (Å²) < 4.78 is 7.31. The van der Waals surface area contributed by atoms with Crippen LogP contribution < -0.4 is 15.4 Å². The van der Waals surface area contributed by atoms with Crippen LogP contribution in [0.15, 0.2) is 29.3 Å². The van der Waals surface area contributed by atoms with Crippen molar-refractivity contribution in [1.82, 2.24) is 20.4 Å². The molecule has 0 saturated carbocycles. The van der Waals surface area contributed by atoms with Crippen LogP contribution in [0.1, 0.15) is 43.3 Å². The number of benzene rings is 1. The fraction of sp³-hybridized carbons (Fsp3) is 0.545. The van der Waals surface area contributed by atoms with Crippen molar-refractivity contribution < 1.29 is 4.74 Å². The molecule has 1 atom stereocenters. The van der Waals surface area contributed by atoms with Crippen LogP contribution >= 0.6 is 24.0 Å². The molecule has 29 heavy (non-hydrogen) atoms. The molecule has 1 heterocycles. The number of ether oxygens (including phenoxy) is 1. The Morgan fingerprint density at radius 2 is 2.00 bits per heavy atom. The van der Waals surface area contributed by atoms with Gasteiger partial charge >= 0.3 is 0 Å². The van der Waals surface area contributed by atoms with E-state index in [1.165, 1.54) is 16.8 Å². The third-order valence-electron chi connectivity index (χ3n) is 5.32. The molecule has 0 spiro atoms. The fourth-order valence-electron chi connectivity index (χ4n) is 3.35. The average molecular weight is 513 g/mol. The Morgan fingerprint density at radius 1 is 1.31 bits per heavy atom. The molecule has 1 unspecified atom stereocenters. The van der Waals surface area contributed by atoms with Crippen molar-refractivity contribution >= 4 is 29.9 Å². The van der Waals surface area contributed by atoms with Crippen LogP contribution in [0, 0.1) is 13.8 Å². The van der Waals surface area contributed by atoms with E-state index >= 15 is 0 Å². The molecular weight excluding hydrogens is 477 g/mol. The summed E-state index contributed by atoms with van der Waals surface area (Å²) in [5.41, 5.74) is 4.77. The summed E-state index contributed by atoms with van der Waals surface area (Å²) in [6.07, 6.45) is 0.908. The van der Waals surface area contributed by atoms with Crippen LogP contribution in [0.3, 0.4) is 0 Å². The minimum Gasteiger partial charge on any atom is -0.497 e. The van der Waals surface area contributed by atoms with E-state index in [2.05, 4.69) is 67.5 Å². The Labute approximate surface area is 192 Å². The van der Waals surface area contributed by atoms with Crippen LogP contribution in [0.2, 0.25) is 0 Å². The summed E-state index contributed by atoms with van der Waals surface area (Å²) in [4.78, 5) is 4.40. The van der Waals surface area contributed by atoms with Gasteiger partial charge in [-0.1, -0.05) is 26.0 Å². The van der Waals surface area contributed by atoms with Gasteiger partial charge in [0.2, 0.25) is 0 Å².